The number of hydrogen-bond acceptors (Lipinski definition) is 3. The number of hydrogen-bond donors (Lipinski definition) is 1. The van der Waals surface area contributed by atoms with Gasteiger partial charge in [-0.05, 0) is 38.0 Å². The number of ketones is 1. The van der Waals surface area contributed by atoms with E-state index in [2.05, 4.69) is 39.8 Å². The molecule has 1 atom stereocenters. The molecule has 1 N–H and O–H groups in total. The molecule has 2 aliphatic rings. The number of carbonyl (C=O) groups is 1. The predicted molar refractivity (Wildman–Crippen MR) is 104 cm³/mol. The van der Waals surface area contributed by atoms with Gasteiger partial charge >= 0.3 is 0 Å². The van der Waals surface area contributed by atoms with E-state index in [0.29, 0.717) is 12.3 Å². The van der Waals surface area contributed by atoms with Gasteiger partial charge in [0.1, 0.15) is 0 Å². The molecule has 0 fully saturated rings. The lowest BCUT2D eigenvalue weighted by atomic mass is 9.85. The minimum atomic E-state index is 0.0421. The van der Waals surface area contributed by atoms with Crippen LogP contribution in [0.2, 0.25) is 0 Å². The summed E-state index contributed by atoms with van der Waals surface area (Å²) in [6.07, 6.45) is 7.57. The predicted octanol–water partition coefficient (Wildman–Crippen LogP) is 4.12. The lowest BCUT2D eigenvalue weighted by Gasteiger charge is -2.23. The van der Waals surface area contributed by atoms with Crippen LogP contribution in [0, 0.1) is 5.92 Å². The van der Waals surface area contributed by atoms with Crippen LogP contribution in [-0.2, 0) is 19.4 Å². The van der Waals surface area contributed by atoms with Crippen LogP contribution in [-0.4, -0.2) is 23.6 Å². The number of carbonyl (C=O) groups excluding carboxylic acids is 1. The van der Waals surface area contributed by atoms with Gasteiger partial charge in [-0.3, -0.25) is 9.79 Å². The summed E-state index contributed by atoms with van der Waals surface area (Å²) in [5.74, 6) is 0.335. The molecule has 2 aromatic rings. The molecule has 0 radical (unpaired) electrons. The van der Waals surface area contributed by atoms with Crippen molar-refractivity contribution in [2.24, 2.45) is 10.9 Å². The molecule has 1 aliphatic heterocycles. The molecule has 0 amide bonds. The summed E-state index contributed by atoms with van der Waals surface area (Å²) in [5, 5.41) is 4.33. The molecule has 0 saturated heterocycles. The Bertz CT molecular complexity index is 816. The lowest BCUT2D eigenvalue weighted by molar-refractivity contribution is 0.0903. The smallest absolute Gasteiger partial charge is 0.170 e. The Labute approximate surface area is 149 Å². The number of aryl methyl sites for hydroxylation is 2. The molecule has 25 heavy (non-hydrogen) atoms. The first-order valence-corrected chi connectivity index (χ1v) is 9.32. The Morgan fingerprint density at radius 1 is 1.36 bits per heavy atom. The fraction of sp³-hybridized carbons (Fsp3) is 0.429. The van der Waals surface area contributed by atoms with Crippen molar-refractivity contribution in [1.82, 2.24) is 9.88 Å². The van der Waals surface area contributed by atoms with Gasteiger partial charge in [-0.2, -0.15) is 0 Å². The van der Waals surface area contributed by atoms with E-state index >= 15 is 0 Å². The average Bonchev–Trinajstić information content (AvgIpc) is 2.99. The molecule has 1 aromatic heterocycles. The summed E-state index contributed by atoms with van der Waals surface area (Å²) in [5.41, 5.74) is 4.94. The molecule has 4 heteroatoms. The highest BCUT2D eigenvalue weighted by Gasteiger charge is 2.33. The molecule has 0 bridgehead atoms. The summed E-state index contributed by atoms with van der Waals surface area (Å²) in [7, 11) is 0. The Balaban J connectivity index is 0.000000880. The molecular formula is C21H27N3O. The van der Waals surface area contributed by atoms with Crippen LogP contribution in [0.4, 0.5) is 0 Å². The maximum atomic E-state index is 13.0. The minimum Gasteiger partial charge on any atom is -0.389 e. The van der Waals surface area contributed by atoms with Crippen molar-refractivity contribution in [2.75, 3.05) is 6.54 Å². The molecule has 132 valence electrons. The van der Waals surface area contributed by atoms with E-state index in [9.17, 15) is 4.79 Å². The zero-order chi connectivity index (χ0) is 17.8. The third-order valence-electron chi connectivity index (χ3n) is 5.11. The van der Waals surface area contributed by atoms with Gasteiger partial charge in [-0.1, -0.05) is 32.0 Å². The number of nitrogens with one attached hydrogen (secondary N) is 1. The summed E-state index contributed by atoms with van der Waals surface area (Å²) >= 11 is 0. The largest absolute Gasteiger partial charge is 0.389 e. The molecule has 2 heterocycles. The summed E-state index contributed by atoms with van der Waals surface area (Å²) in [6.45, 7) is 9.12. The van der Waals surface area contributed by atoms with Crippen LogP contribution >= 0.6 is 0 Å². The maximum Gasteiger partial charge on any atom is 0.170 e. The van der Waals surface area contributed by atoms with E-state index < -0.39 is 0 Å². The van der Waals surface area contributed by atoms with Gasteiger partial charge in [0.05, 0.1) is 5.52 Å². The quantitative estimate of drug-likeness (QED) is 0.853. The Morgan fingerprint density at radius 2 is 2.20 bits per heavy atom. The number of Topliss-reactive ketones (excluding diaryl/α,β-unsaturated/α-hetero) is 1. The maximum absolute atomic E-state index is 13.0. The van der Waals surface area contributed by atoms with Crippen molar-refractivity contribution in [3.8, 4) is 0 Å². The van der Waals surface area contributed by atoms with Crippen LogP contribution in [0.1, 0.15) is 48.3 Å². The second-order valence-electron chi connectivity index (χ2n) is 6.40. The van der Waals surface area contributed by atoms with E-state index in [1.807, 2.05) is 13.8 Å². The number of benzene rings is 1. The van der Waals surface area contributed by atoms with E-state index in [-0.39, 0.29) is 5.92 Å². The molecule has 1 aromatic carbocycles. The van der Waals surface area contributed by atoms with Gasteiger partial charge in [0.15, 0.2) is 5.78 Å². The summed E-state index contributed by atoms with van der Waals surface area (Å²) < 4.78 is 2.41. The minimum absolute atomic E-state index is 0.0421. The van der Waals surface area contributed by atoms with E-state index in [1.54, 1.807) is 12.4 Å². The fourth-order valence-electron chi connectivity index (χ4n) is 4.10. The van der Waals surface area contributed by atoms with E-state index in [4.69, 9.17) is 0 Å². The van der Waals surface area contributed by atoms with Crippen LogP contribution in [0.15, 0.2) is 35.6 Å². The number of para-hydroxylation sites is 1. The van der Waals surface area contributed by atoms with Gasteiger partial charge in [0.25, 0.3) is 0 Å². The number of nitrogens with zero attached hydrogens (tertiary/aromatic N) is 2. The highest BCUT2D eigenvalue weighted by atomic mass is 16.1. The number of rotatable bonds is 4. The van der Waals surface area contributed by atoms with E-state index in [0.717, 1.165) is 36.8 Å². The molecule has 0 saturated carbocycles. The van der Waals surface area contributed by atoms with Crippen LogP contribution in [0.3, 0.4) is 0 Å². The average molecular weight is 337 g/mol. The van der Waals surface area contributed by atoms with Crippen molar-refractivity contribution >= 4 is 23.4 Å². The second-order valence-corrected chi connectivity index (χ2v) is 6.40. The monoisotopic (exact) mass is 337 g/mol. The van der Waals surface area contributed by atoms with Crippen molar-refractivity contribution in [3.05, 3.63) is 47.4 Å². The topological polar surface area (TPSA) is 46.4 Å². The van der Waals surface area contributed by atoms with Gasteiger partial charge < -0.3 is 9.88 Å². The third-order valence-corrected chi connectivity index (χ3v) is 5.11. The van der Waals surface area contributed by atoms with Gasteiger partial charge in [-0.15, -0.1) is 0 Å². The zero-order valence-corrected chi connectivity index (χ0v) is 15.2. The molecule has 1 unspecified atom stereocenters. The lowest BCUT2D eigenvalue weighted by Crippen LogP contribution is -2.30. The number of aliphatic imine (C=N–C) groups is 1. The first-order chi connectivity index (χ1) is 12.3. The van der Waals surface area contributed by atoms with Gasteiger partial charge in [0, 0.05) is 48.1 Å². The normalized spacial score (nSPS) is 18.6. The standard InChI is InChI=1S/C19H21N3O.C2H6/c1-20-9-10-21-12-14-7-8-16-17(19(14)23)15-6-2-4-13-5-3-11-22(16)18(13)15;1-2/h2,4,6,9-10,14,21H,1,3,5,7-8,11-12H2;1-2H3/b10-9-;. The highest BCUT2D eigenvalue weighted by molar-refractivity contribution is 6.12. The molecule has 4 nitrogen and oxygen atoms in total. The van der Waals surface area contributed by atoms with Crippen molar-refractivity contribution in [3.63, 3.8) is 0 Å². The highest BCUT2D eigenvalue weighted by Crippen LogP contribution is 2.37. The number of fused-ring (bicyclic) bond motifs is 3. The van der Waals surface area contributed by atoms with Crippen molar-refractivity contribution in [2.45, 2.75) is 46.1 Å². The molecule has 1 aliphatic carbocycles. The Morgan fingerprint density at radius 3 is 3.00 bits per heavy atom. The van der Waals surface area contributed by atoms with Crippen molar-refractivity contribution in [1.29, 1.82) is 0 Å². The third kappa shape index (κ3) is 3.01. The fourth-order valence-corrected chi connectivity index (χ4v) is 4.10. The van der Waals surface area contributed by atoms with Crippen LogP contribution < -0.4 is 5.32 Å². The van der Waals surface area contributed by atoms with Gasteiger partial charge in [0.2, 0.25) is 0 Å². The molecule has 0 spiro atoms. The van der Waals surface area contributed by atoms with Crippen molar-refractivity contribution < 1.29 is 4.79 Å². The Kier molecular flexibility index (Phi) is 5.37. The van der Waals surface area contributed by atoms with E-state index in [1.165, 1.54) is 23.2 Å². The van der Waals surface area contributed by atoms with Gasteiger partial charge in [-0.25, -0.2) is 0 Å². The first kappa shape index (κ1) is 17.5. The second kappa shape index (κ2) is 7.68. The van der Waals surface area contributed by atoms with Crippen LogP contribution in [0.25, 0.3) is 10.9 Å². The Hall–Kier alpha value is -2.36. The summed E-state index contributed by atoms with van der Waals surface area (Å²) in [4.78, 5) is 16.7. The molecular weight excluding hydrogens is 310 g/mol. The number of aromatic nitrogens is 1. The van der Waals surface area contributed by atoms with Crippen LogP contribution in [0.5, 0.6) is 0 Å². The summed E-state index contributed by atoms with van der Waals surface area (Å²) in [6, 6.07) is 6.43. The first-order valence-electron chi connectivity index (χ1n) is 9.32. The zero-order valence-electron chi connectivity index (χ0n) is 15.2. The molecule has 4 rings (SSSR count). The SMILES string of the molecule is C=N/C=C\NCC1CCc2c(c3cccc4c3n2CCC4)C1=O.CC.